The number of aromatic nitrogens is 2. The van der Waals surface area contributed by atoms with E-state index in [1.54, 1.807) is 0 Å². The van der Waals surface area contributed by atoms with Crippen LogP contribution < -0.4 is 5.32 Å². The summed E-state index contributed by atoms with van der Waals surface area (Å²) < 4.78 is 1.92. The van der Waals surface area contributed by atoms with Crippen molar-refractivity contribution in [1.29, 1.82) is 0 Å². The Morgan fingerprint density at radius 3 is 2.67 bits per heavy atom. The van der Waals surface area contributed by atoms with Gasteiger partial charge in [0.2, 0.25) is 0 Å². The van der Waals surface area contributed by atoms with E-state index in [2.05, 4.69) is 54.4 Å². The molecule has 0 amide bonds. The molecule has 1 aromatic heterocycles. The Balaban J connectivity index is 1.72. The van der Waals surface area contributed by atoms with Crippen LogP contribution in [-0.2, 0) is 6.54 Å². The second kappa shape index (κ2) is 7.96. The molecule has 1 aromatic carbocycles. The van der Waals surface area contributed by atoms with E-state index >= 15 is 0 Å². The third-order valence-corrected chi connectivity index (χ3v) is 3.72. The van der Waals surface area contributed by atoms with Gasteiger partial charge in [-0.2, -0.15) is 5.10 Å². The zero-order chi connectivity index (χ0) is 15.1. The summed E-state index contributed by atoms with van der Waals surface area (Å²) in [6, 6.07) is 12.9. The molecule has 1 N–H and O–H groups in total. The molecule has 114 valence electrons. The Kier molecular flexibility index (Phi) is 5.96. The monoisotopic (exact) mass is 286 g/mol. The highest BCUT2D eigenvalue weighted by molar-refractivity contribution is 5.30. The highest BCUT2D eigenvalue weighted by Crippen LogP contribution is 2.06. The minimum absolute atomic E-state index is 0.617. The Hall–Kier alpha value is -1.65. The van der Waals surface area contributed by atoms with Gasteiger partial charge in [0.25, 0.3) is 0 Å². The highest BCUT2D eigenvalue weighted by atomic mass is 15.3. The maximum atomic E-state index is 4.59. The van der Waals surface area contributed by atoms with Crippen LogP contribution in [0.4, 0.5) is 0 Å². The molecule has 4 heteroatoms. The number of benzene rings is 1. The Morgan fingerprint density at radius 1 is 1.19 bits per heavy atom. The van der Waals surface area contributed by atoms with Gasteiger partial charge in [0.15, 0.2) is 0 Å². The van der Waals surface area contributed by atoms with Gasteiger partial charge in [0, 0.05) is 18.8 Å². The van der Waals surface area contributed by atoms with E-state index in [1.807, 2.05) is 29.1 Å². The molecule has 0 saturated carbocycles. The van der Waals surface area contributed by atoms with Crippen molar-refractivity contribution in [2.45, 2.75) is 32.9 Å². The quantitative estimate of drug-likeness (QED) is 0.757. The summed E-state index contributed by atoms with van der Waals surface area (Å²) in [7, 11) is 2.17. The first-order valence-electron chi connectivity index (χ1n) is 7.68. The molecule has 2 rings (SSSR count). The van der Waals surface area contributed by atoms with Gasteiger partial charge in [-0.15, -0.1) is 0 Å². The molecule has 2 aromatic rings. The second-order valence-electron chi connectivity index (χ2n) is 5.69. The van der Waals surface area contributed by atoms with Gasteiger partial charge in [-0.3, -0.25) is 0 Å². The maximum absolute atomic E-state index is 4.59. The van der Waals surface area contributed by atoms with Crippen LogP contribution in [0.2, 0.25) is 0 Å². The smallest absolute Gasteiger partial charge is 0.0766 e. The van der Waals surface area contributed by atoms with Crippen molar-refractivity contribution in [3.63, 3.8) is 0 Å². The predicted octanol–water partition coefficient (Wildman–Crippen LogP) is 2.69. The van der Waals surface area contributed by atoms with Gasteiger partial charge in [-0.1, -0.05) is 18.2 Å². The lowest BCUT2D eigenvalue weighted by molar-refractivity contribution is 0.269. The maximum Gasteiger partial charge on any atom is 0.0766 e. The van der Waals surface area contributed by atoms with Crippen molar-refractivity contribution >= 4 is 0 Å². The lowest BCUT2D eigenvalue weighted by atomic mass is 10.3. The summed E-state index contributed by atoms with van der Waals surface area (Å²) in [6.07, 6.45) is 3.17. The van der Waals surface area contributed by atoms with Crippen LogP contribution in [0.1, 0.15) is 26.0 Å². The standard InChI is InChI=1S/C17H26N4/c1-15(2)20(3)12-7-11-18-14-16-10-13-21(19-16)17-8-5-4-6-9-17/h4-6,8-10,13,15,18H,7,11-12,14H2,1-3H3. The van der Waals surface area contributed by atoms with Crippen LogP contribution in [-0.4, -0.2) is 40.9 Å². The van der Waals surface area contributed by atoms with Crippen molar-refractivity contribution in [3.05, 3.63) is 48.3 Å². The molecule has 0 radical (unpaired) electrons. The number of nitrogens with zero attached hydrogens (tertiary/aromatic N) is 3. The fourth-order valence-electron chi connectivity index (χ4n) is 2.11. The molecule has 0 bridgehead atoms. The summed E-state index contributed by atoms with van der Waals surface area (Å²) in [5.74, 6) is 0. The fourth-order valence-corrected chi connectivity index (χ4v) is 2.11. The van der Waals surface area contributed by atoms with Crippen molar-refractivity contribution in [1.82, 2.24) is 20.0 Å². The summed E-state index contributed by atoms with van der Waals surface area (Å²) in [6.45, 7) is 7.43. The normalized spacial score (nSPS) is 11.5. The molecule has 4 nitrogen and oxygen atoms in total. The van der Waals surface area contributed by atoms with E-state index in [0.717, 1.165) is 37.4 Å². The highest BCUT2D eigenvalue weighted by Gasteiger charge is 2.03. The number of hydrogen-bond donors (Lipinski definition) is 1. The first-order valence-corrected chi connectivity index (χ1v) is 7.68. The van der Waals surface area contributed by atoms with Gasteiger partial charge in [0.1, 0.15) is 0 Å². The summed E-state index contributed by atoms with van der Waals surface area (Å²) in [4.78, 5) is 2.37. The summed E-state index contributed by atoms with van der Waals surface area (Å²) in [5, 5.41) is 8.04. The molecular formula is C17H26N4. The van der Waals surface area contributed by atoms with Crippen molar-refractivity contribution in [2.24, 2.45) is 0 Å². The van der Waals surface area contributed by atoms with Crippen molar-refractivity contribution < 1.29 is 0 Å². The van der Waals surface area contributed by atoms with E-state index < -0.39 is 0 Å². The molecule has 0 spiro atoms. The lowest BCUT2D eigenvalue weighted by Gasteiger charge is -2.20. The Bertz CT molecular complexity index is 519. The Labute approximate surface area is 127 Å². The van der Waals surface area contributed by atoms with E-state index in [0.29, 0.717) is 6.04 Å². The van der Waals surface area contributed by atoms with Crippen molar-refractivity contribution in [2.75, 3.05) is 20.1 Å². The largest absolute Gasteiger partial charge is 0.311 e. The minimum Gasteiger partial charge on any atom is -0.311 e. The predicted molar refractivity (Wildman–Crippen MR) is 87.7 cm³/mol. The van der Waals surface area contributed by atoms with Gasteiger partial charge < -0.3 is 10.2 Å². The van der Waals surface area contributed by atoms with Crippen LogP contribution in [0.25, 0.3) is 5.69 Å². The second-order valence-corrected chi connectivity index (χ2v) is 5.69. The minimum atomic E-state index is 0.617. The van der Waals surface area contributed by atoms with Crippen LogP contribution in [0.5, 0.6) is 0 Å². The van der Waals surface area contributed by atoms with Gasteiger partial charge in [-0.05, 0) is 58.6 Å². The molecule has 0 aliphatic heterocycles. The zero-order valence-corrected chi connectivity index (χ0v) is 13.3. The molecule has 0 atom stereocenters. The lowest BCUT2D eigenvalue weighted by Crippen LogP contribution is -2.29. The van der Waals surface area contributed by atoms with E-state index in [-0.39, 0.29) is 0 Å². The summed E-state index contributed by atoms with van der Waals surface area (Å²) in [5.41, 5.74) is 2.18. The molecule has 0 aliphatic rings. The van der Waals surface area contributed by atoms with Crippen LogP contribution in [0, 0.1) is 0 Å². The van der Waals surface area contributed by atoms with Gasteiger partial charge in [-0.25, -0.2) is 4.68 Å². The van der Waals surface area contributed by atoms with E-state index in [9.17, 15) is 0 Å². The van der Waals surface area contributed by atoms with E-state index in [4.69, 9.17) is 0 Å². The SMILES string of the molecule is CC(C)N(C)CCCNCc1ccn(-c2ccccc2)n1. The van der Waals surface area contributed by atoms with Gasteiger partial charge >= 0.3 is 0 Å². The molecular weight excluding hydrogens is 260 g/mol. The van der Waals surface area contributed by atoms with Crippen LogP contribution in [0.3, 0.4) is 0 Å². The van der Waals surface area contributed by atoms with Crippen LogP contribution in [0.15, 0.2) is 42.6 Å². The average Bonchev–Trinajstić information content (AvgIpc) is 2.96. The zero-order valence-electron chi connectivity index (χ0n) is 13.3. The number of hydrogen-bond acceptors (Lipinski definition) is 3. The fraction of sp³-hybridized carbons (Fsp3) is 0.471. The summed E-state index contributed by atoms with van der Waals surface area (Å²) >= 11 is 0. The first kappa shape index (κ1) is 15.7. The molecule has 0 fully saturated rings. The number of nitrogens with one attached hydrogen (secondary N) is 1. The topological polar surface area (TPSA) is 33.1 Å². The average molecular weight is 286 g/mol. The van der Waals surface area contributed by atoms with Crippen LogP contribution >= 0.6 is 0 Å². The third kappa shape index (κ3) is 4.99. The molecule has 21 heavy (non-hydrogen) atoms. The molecule has 1 heterocycles. The Morgan fingerprint density at radius 2 is 1.95 bits per heavy atom. The molecule has 0 saturated heterocycles. The molecule has 0 aliphatic carbocycles. The molecule has 0 unspecified atom stereocenters. The van der Waals surface area contributed by atoms with Gasteiger partial charge in [0.05, 0.1) is 11.4 Å². The first-order chi connectivity index (χ1) is 10.2. The third-order valence-electron chi connectivity index (χ3n) is 3.72. The number of rotatable bonds is 8. The van der Waals surface area contributed by atoms with Crippen molar-refractivity contribution in [3.8, 4) is 5.69 Å². The van der Waals surface area contributed by atoms with E-state index in [1.165, 1.54) is 0 Å². The number of para-hydroxylation sites is 1.